The van der Waals surface area contributed by atoms with Gasteiger partial charge in [-0.05, 0) is 31.4 Å². The number of hydrogen-bond acceptors (Lipinski definition) is 5. The molecule has 1 aromatic carbocycles. The molecule has 2 aliphatic rings. The van der Waals surface area contributed by atoms with Crippen LogP contribution in [0.5, 0.6) is 0 Å². The number of aromatic nitrogens is 4. The van der Waals surface area contributed by atoms with Crippen molar-refractivity contribution >= 4 is 5.91 Å². The van der Waals surface area contributed by atoms with E-state index < -0.39 is 11.6 Å². The zero-order chi connectivity index (χ0) is 20.1. The zero-order valence-electron chi connectivity index (χ0n) is 15.8. The summed E-state index contributed by atoms with van der Waals surface area (Å²) in [6.45, 7) is 0. The van der Waals surface area contributed by atoms with Gasteiger partial charge in [0.15, 0.2) is 0 Å². The maximum Gasteiger partial charge on any atom is 0.232 e. The van der Waals surface area contributed by atoms with Gasteiger partial charge in [-0.2, -0.15) is 4.98 Å². The van der Waals surface area contributed by atoms with Crippen LogP contribution in [0, 0.1) is 11.6 Å². The number of piperidine rings is 1. The van der Waals surface area contributed by atoms with Crippen LogP contribution in [-0.2, 0) is 11.8 Å². The number of nitrogens with zero attached hydrogens (tertiary/aromatic N) is 5. The summed E-state index contributed by atoms with van der Waals surface area (Å²) in [7, 11) is 1.89. The van der Waals surface area contributed by atoms with Gasteiger partial charge >= 0.3 is 0 Å². The summed E-state index contributed by atoms with van der Waals surface area (Å²) in [4.78, 5) is 23.5. The summed E-state index contributed by atoms with van der Waals surface area (Å²) in [5.74, 6) is -0.434. The quantitative estimate of drug-likeness (QED) is 0.672. The van der Waals surface area contributed by atoms with Gasteiger partial charge in [-0.15, -0.1) is 0 Å². The Morgan fingerprint density at radius 3 is 2.72 bits per heavy atom. The van der Waals surface area contributed by atoms with Gasteiger partial charge < -0.3 is 14.0 Å². The predicted octanol–water partition coefficient (Wildman–Crippen LogP) is 3.36. The van der Waals surface area contributed by atoms with Gasteiger partial charge in [-0.3, -0.25) is 4.79 Å². The predicted molar refractivity (Wildman–Crippen MR) is 97.4 cm³/mol. The molecule has 1 amide bonds. The maximum absolute atomic E-state index is 14.1. The molecule has 0 N–H and O–H groups in total. The minimum atomic E-state index is -0.753. The number of halogens is 2. The number of carbonyl (C=O) groups excluding carboxylic acids is 1. The summed E-state index contributed by atoms with van der Waals surface area (Å²) in [6, 6.07) is 3.10. The Hall–Kier alpha value is -3.10. The normalized spacial score (nSPS) is 22.3. The molecule has 0 bridgehead atoms. The topological polar surface area (TPSA) is 77.0 Å². The number of imidazole rings is 1. The van der Waals surface area contributed by atoms with Crippen molar-refractivity contribution in [2.24, 2.45) is 7.05 Å². The third-order valence-electron chi connectivity index (χ3n) is 5.63. The summed E-state index contributed by atoms with van der Waals surface area (Å²) < 4.78 is 34.7. The first-order chi connectivity index (χ1) is 14.0. The summed E-state index contributed by atoms with van der Waals surface area (Å²) in [5.41, 5.74) is 0.0703. The van der Waals surface area contributed by atoms with Crippen molar-refractivity contribution in [2.75, 3.05) is 0 Å². The van der Waals surface area contributed by atoms with Gasteiger partial charge in [0.25, 0.3) is 0 Å². The molecule has 1 aliphatic heterocycles. The molecular weight excluding hydrogens is 380 g/mol. The summed E-state index contributed by atoms with van der Waals surface area (Å²) >= 11 is 0. The van der Waals surface area contributed by atoms with Crippen LogP contribution in [0.25, 0.3) is 11.4 Å². The van der Waals surface area contributed by atoms with Crippen LogP contribution in [0.1, 0.15) is 49.4 Å². The molecule has 3 heterocycles. The first kappa shape index (κ1) is 18.0. The second-order valence-corrected chi connectivity index (χ2v) is 7.60. The van der Waals surface area contributed by atoms with E-state index in [0.717, 1.165) is 30.8 Å². The fourth-order valence-corrected chi connectivity index (χ4v) is 4.09. The molecule has 1 saturated heterocycles. The van der Waals surface area contributed by atoms with Gasteiger partial charge in [0.1, 0.15) is 23.5 Å². The Balaban J connectivity index is 1.54. The van der Waals surface area contributed by atoms with Crippen LogP contribution >= 0.6 is 0 Å². The lowest BCUT2D eigenvalue weighted by molar-refractivity contribution is -0.139. The van der Waals surface area contributed by atoms with E-state index >= 15 is 0 Å². The Morgan fingerprint density at radius 2 is 2.03 bits per heavy atom. The second-order valence-electron chi connectivity index (χ2n) is 7.60. The van der Waals surface area contributed by atoms with E-state index in [0.29, 0.717) is 18.7 Å². The van der Waals surface area contributed by atoms with Crippen LogP contribution in [-0.4, -0.2) is 36.5 Å². The summed E-state index contributed by atoms with van der Waals surface area (Å²) in [5, 5.41) is 3.92. The minimum Gasteiger partial charge on any atom is -0.339 e. The van der Waals surface area contributed by atoms with Gasteiger partial charge in [0, 0.05) is 38.0 Å². The highest BCUT2D eigenvalue weighted by Gasteiger charge is 2.47. The Kier molecular flexibility index (Phi) is 4.18. The van der Waals surface area contributed by atoms with Crippen molar-refractivity contribution in [3.63, 3.8) is 0 Å². The van der Waals surface area contributed by atoms with E-state index in [-0.39, 0.29) is 35.3 Å². The molecule has 7 nitrogen and oxygen atoms in total. The van der Waals surface area contributed by atoms with E-state index in [9.17, 15) is 13.6 Å². The molecule has 0 radical (unpaired) electrons. The average Bonchev–Trinajstić information content (AvgIpc) is 3.25. The van der Waals surface area contributed by atoms with Crippen molar-refractivity contribution in [2.45, 2.75) is 43.7 Å². The standard InChI is InChI=1S/C20H19F2N5O2/c1-26-9-8-23-19(26)17-14(6-7-16(28)27(17)12-3-4-12)20-24-18(25-29-20)13-5-2-11(21)10-15(13)22/h2,5,8-10,12,14,17H,3-4,6-7H2,1H3/t14-,17-/m0/s1. The second kappa shape index (κ2) is 6.75. The van der Waals surface area contributed by atoms with Crippen molar-refractivity contribution in [3.05, 3.63) is 53.9 Å². The highest BCUT2D eigenvalue weighted by Crippen LogP contribution is 2.47. The highest BCUT2D eigenvalue weighted by atomic mass is 19.1. The van der Waals surface area contributed by atoms with Crippen molar-refractivity contribution in [3.8, 4) is 11.4 Å². The number of amides is 1. The lowest BCUT2D eigenvalue weighted by Gasteiger charge is -2.39. The molecule has 9 heteroatoms. The largest absolute Gasteiger partial charge is 0.339 e. The molecule has 29 heavy (non-hydrogen) atoms. The van der Waals surface area contributed by atoms with Crippen LogP contribution in [0.2, 0.25) is 0 Å². The number of likely N-dealkylation sites (tertiary alicyclic amines) is 1. The number of benzene rings is 1. The number of rotatable bonds is 4. The molecule has 5 rings (SSSR count). The van der Waals surface area contributed by atoms with Crippen LogP contribution in [0.15, 0.2) is 35.1 Å². The van der Waals surface area contributed by atoms with E-state index in [1.807, 2.05) is 22.7 Å². The minimum absolute atomic E-state index is 0.0611. The molecule has 2 aromatic heterocycles. The fourth-order valence-electron chi connectivity index (χ4n) is 4.09. The lowest BCUT2D eigenvalue weighted by atomic mass is 9.87. The van der Waals surface area contributed by atoms with Crippen LogP contribution < -0.4 is 0 Å². The summed E-state index contributed by atoms with van der Waals surface area (Å²) in [6.07, 6.45) is 6.38. The van der Waals surface area contributed by atoms with E-state index in [1.54, 1.807) is 6.20 Å². The first-order valence-electron chi connectivity index (χ1n) is 9.60. The molecule has 0 unspecified atom stereocenters. The molecular formula is C20H19F2N5O2. The number of aryl methyl sites for hydroxylation is 1. The average molecular weight is 399 g/mol. The molecule has 3 aromatic rings. The van der Waals surface area contributed by atoms with Gasteiger partial charge in [0.2, 0.25) is 17.6 Å². The monoisotopic (exact) mass is 399 g/mol. The van der Waals surface area contributed by atoms with E-state index in [2.05, 4.69) is 15.1 Å². The van der Waals surface area contributed by atoms with E-state index in [1.165, 1.54) is 6.07 Å². The van der Waals surface area contributed by atoms with Crippen molar-refractivity contribution in [1.82, 2.24) is 24.6 Å². The Bertz CT molecular complexity index is 1070. The molecule has 2 fully saturated rings. The Morgan fingerprint density at radius 1 is 1.21 bits per heavy atom. The molecule has 0 spiro atoms. The number of hydrogen-bond donors (Lipinski definition) is 0. The Labute approximate surface area is 165 Å². The van der Waals surface area contributed by atoms with Gasteiger partial charge in [-0.25, -0.2) is 13.8 Å². The van der Waals surface area contributed by atoms with Crippen LogP contribution in [0.4, 0.5) is 8.78 Å². The zero-order valence-corrected chi connectivity index (χ0v) is 15.8. The third kappa shape index (κ3) is 3.10. The van der Waals surface area contributed by atoms with Crippen molar-refractivity contribution in [1.29, 1.82) is 0 Å². The molecule has 2 atom stereocenters. The highest BCUT2D eigenvalue weighted by molar-refractivity contribution is 5.78. The van der Waals surface area contributed by atoms with Gasteiger partial charge in [-0.1, -0.05) is 5.16 Å². The van der Waals surface area contributed by atoms with Crippen molar-refractivity contribution < 1.29 is 18.1 Å². The van der Waals surface area contributed by atoms with Crippen LogP contribution in [0.3, 0.4) is 0 Å². The number of carbonyl (C=O) groups is 1. The molecule has 1 saturated carbocycles. The molecule has 150 valence electrons. The lowest BCUT2D eigenvalue weighted by Crippen LogP contribution is -2.44. The SMILES string of the molecule is Cn1ccnc1[C@@H]1[C@@H](c2nc(-c3ccc(F)cc3F)no2)CCC(=O)N1C1CC1. The fraction of sp³-hybridized carbons (Fsp3) is 0.400. The van der Waals surface area contributed by atoms with E-state index in [4.69, 9.17) is 4.52 Å². The smallest absolute Gasteiger partial charge is 0.232 e. The maximum atomic E-state index is 14.1. The third-order valence-corrected chi connectivity index (χ3v) is 5.63. The first-order valence-corrected chi connectivity index (χ1v) is 9.60. The van der Waals surface area contributed by atoms with Gasteiger partial charge in [0.05, 0.1) is 11.5 Å². The molecule has 1 aliphatic carbocycles.